The first-order chi connectivity index (χ1) is 12.5. The molecule has 0 atom stereocenters. The van der Waals surface area contributed by atoms with E-state index in [0.717, 1.165) is 40.1 Å². The molecule has 3 aromatic rings. The standard InChI is InChI=1S/C16H11F2N3O2S3/c17-11-4-3-9(6-12(11)18)13(22)8-25-16-21-20-15(26-16)19-14(23)7-10-2-1-5-24-10/h1-6H,7-8H2,(H,19,20,23). The summed E-state index contributed by atoms with van der Waals surface area (Å²) in [7, 11) is 0. The third kappa shape index (κ3) is 4.93. The van der Waals surface area contributed by atoms with Crippen LogP contribution in [0.1, 0.15) is 15.2 Å². The molecular formula is C16H11F2N3O2S3. The molecule has 26 heavy (non-hydrogen) atoms. The number of halogens is 2. The number of thioether (sulfide) groups is 1. The minimum Gasteiger partial charge on any atom is -0.300 e. The SMILES string of the molecule is O=C(Cc1cccs1)Nc1nnc(SCC(=O)c2ccc(F)c(F)c2)s1. The lowest BCUT2D eigenvalue weighted by molar-refractivity contribution is -0.115. The minimum atomic E-state index is -1.06. The third-order valence-corrected chi connectivity index (χ3v) is 5.98. The van der Waals surface area contributed by atoms with Crippen molar-refractivity contribution < 1.29 is 18.4 Å². The van der Waals surface area contributed by atoms with Crippen molar-refractivity contribution in [2.75, 3.05) is 11.1 Å². The van der Waals surface area contributed by atoms with Crippen LogP contribution in [-0.4, -0.2) is 27.6 Å². The maximum absolute atomic E-state index is 13.2. The molecule has 0 fully saturated rings. The number of hydrogen-bond acceptors (Lipinski definition) is 7. The summed E-state index contributed by atoms with van der Waals surface area (Å²) in [5.41, 5.74) is 0.0883. The Kier molecular flexibility index (Phi) is 6.07. The molecule has 134 valence electrons. The number of thiophene rings is 1. The van der Waals surface area contributed by atoms with Crippen LogP contribution in [-0.2, 0) is 11.2 Å². The summed E-state index contributed by atoms with van der Waals surface area (Å²) in [6.45, 7) is 0. The van der Waals surface area contributed by atoms with Gasteiger partial charge >= 0.3 is 0 Å². The first kappa shape index (κ1) is 18.6. The van der Waals surface area contributed by atoms with E-state index in [-0.39, 0.29) is 29.4 Å². The number of benzene rings is 1. The number of ketones is 1. The fourth-order valence-corrected chi connectivity index (χ4v) is 4.30. The lowest BCUT2D eigenvalue weighted by Crippen LogP contribution is -2.13. The lowest BCUT2D eigenvalue weighted by atomic mass is 10.1. The highest BCUT2D eigenvalue weighted by Gasteiger charge is 2.13. The van der Waals surface area contributed by atoms with E-state index < -0.39 is 11.6 Å². The zero-order valence-electron chi connectivity index (χ0n) is 13.1. The van der Waals surface area contributed by atoms with Crippen molar-refractivity contribution in [2.24, 2.45) is 0 Å². The van der Waals surface area contributed by atoms with Crippen molar-refractivity contribution in [1.29, 1.82) is 0 Å². The van der Waals surface area contributed by atoms with Gasteiger partial charge in [-0.2, -0.15) is 0 Å². The Morgan fingerprint density at radius 1 is 1.15 bits per heavy atom. The van der Waals surface area contributed by atoms with E-state index in [4.69, 9.17) is 0 Å². The molecule has 2 heterocycles. The molecular weight excluding hydrogens is 400 g/mol. The molecule has 0 aliphatic rings. The fraction of sp³-hybridized carbons (Fsp3) is 0.125. The van der Waals surface area contributed by atoms with Crippen LogP contribution >= 0.6 is 34.4 Å². The van der Waals surface area contributed by atoms with Crippen LogP contribution in [0, 0.1) is 11.6 Å². The quantitative estimate of drug-likeness (QED) is 0.361. The van der Waals surface area contributed by atoms with Crippen LogP contribution in [0.25, 0.3) is 0 Å². The highest BCUT2D eigenvalue weighted by Crippen LogP contribution is 2.26. The number of Topliss-reactive ketones (excluding diaryl/α,β-unsaturated/α-hetero) is 1. The zero-order valence-corrected chi connectivity index (χ0v) is 15.5. The van der Waals surface area contributed by atoms with Gasteiger partial charge in [0.15, 0.2) is 21.8 Å². The third-order valence-electron chi connectivity index (χ3n) is 3.14. The van der Waals surface area contributed by atoms with Gasteiger partial charge in [0.05, 0.1) is 12.2 Å². The molecule has 10 heteroatoms. The van der Waals surface area contributed by atoms with Crippen LogP contribution in [0.15, 0.2) is 40.1 Å². The van der Waals surface area contributed by atoms with Crippen molar-refractivity contribution in [3.8, 4) is 0 Å². The van der Waals surface area contributed by atoms with Gasteiger partial charge < -0.3 is 5.32 Å². The molecule has 0 saturated heterocycles. The predicted molar refractivity (Wildman–Crippen MR) is 98.0 cm³/mol. The highest BCUT2D eigenvalue weighted by atomic mass is 32.2. The van der Waals surface area contributed by atoms with Gasteiger partial charge in [-0.15, -0.1) is 21.5 Å². The zero-order chi connectivity index (χ0) is 18.5. The normalized spacial score (nSPS) is 10.7. The summed E-state index contributed by atoms with van der Waals surface area (Å²) in [5.74, 6) is -2.61. The smallest absolute Gasteiger partial charge is 0.231 e. The number of carbonyl (C=O) groups is 2. The molecule has 0 bridgehead atoms. The second-order valence-electron chi connectivity index (χ2n) is 5.02. The predicted octanol–water partition coefficient (Wildman–Crippen LogP) is 4.03. The molecule has 1 aromatic carbocycles. The summed E-state index contributed by atoms with van der Waals surface area (Å²) in [5, 5.41) is 12.7. The minimum absolute atomic E-state index is 0.00282. The van der Waals surface area contributed by atoms with Gasteiger partial charge in [0.2, 0.25) is 11.0 Å². The number of amides is 1. The van der Waals surface area contributed by atoms with Gasteiger partial charge in [-0.05, 0) is 29.6 Å². The van der Waals surface area contributed by atoms with Crippen LogP contribution in [0.2, 0.25) is 0 Å². The number of anilines is 1. The van der Waals surface area contributed by atoms with E-state index in [0.29, 0.717) is 9.47 Å². The second-order valence-corrected chi connectivity index (χ2v) is 8.25. The number of rotatable bonds is 7. The van der Waals surface area contributed by atoms with Gasteiger partial charge in [-0.25, -0.2) is 8.78 Å². The first-order valence-corrected chi connectivity index (χ1v) is 9.96. The van der Waals surface area contributed by atoms with Crippen molar-refractivity contribution in [3.63, 3.8) is 0 Å². The van der Waals surface area contributed by atoms with Crippen molar-refractivity contribution in [3.05, 3.63) is 57.8 Å². The average Bonchev–Trinajstić information content (AvgIpc) is 3.27. The molecule has 0 saturated carbocycles. The van der Waals surface area contributed by atoms with Crippen LogP contribution < -0.4 is 5.32 Å². The summed E-state index contributed by atoms with van der Waals surface area (Å²) in [6.07, 6.45) is 0.258. The Balaban J connectivity index is 1.52. The molecule has 1 amide bonds. The molecule has 1 N–H and O–H groups in total. The second kappa shape index (κ2) is 8.47. The molecule has 5 nitrogen and oxygen atoms in total. The molecule has 3 rings (SSSR count). The Hall–Kier alpha value is -2.17. The van der Waals surface area contributed by atoms with Crippen molar-refractivity contribution >= 4 is 51.3 Å². The number of nitrogens with one attached hydrogen (secondary N) is 1. The molecule has 0 unspecified atom stereocenters. The Morgan fingerprint density at radius 2 is 2.00 bits per heavy atom. The summed E-state index contributed by atoms with van der Waals surface area (Å²) in [6, 6.07) is 6.76. The Labute approximate surface area is 159 Å². The van der Waals surface area contributed by atoms with E-state index in [1.165, 1.54) is 17.4 Å². The van der Waals surface area contributed by atoms with E-state index in [2.05, 4.69) is 15.5 Å². The van der Waals surface area contributed by atoms with E-state index in [1.54, 1.807) is 0 Å². The van der Waals surface area contributed by atoms with Gasteiger partial charge in [0.1, 0.15) is 0 Å². The maximum atomic E-state index is 13.2. The van der Waals surface area contributed by atoms with E-state index in [9.17, 15) is 18.4 Å². The van der Waals surface area contributed by atoms with Crippen LogP contribution in [0.3, 0.4) is 0 Å². The van der Waals surface area contributed by atoms with Gasteiger partial charge in [0, 0.05) is 10.4 Å². The topological polar surface area (TPSA) is 72.0 Å². The summed E-state index contributed by atoms with van der Waals surface area (Å²) in [4.78, 5) is 24.9. The van der Waals surface area contributed by atoms with E-state index in [1.807, 2.05) is 17.5 Å². The van der Waals surface area contributed by atoms with Crippen molar-refractivity contribution in [2.45, 2.75) is 10.8 Å². The Morgan fingerprint density at radius 3 is 2.73 bits per heavy atom. The van der Waals surface area contributed by atoms with Gasteiger partial charge in [-0.3, -0.25) is 9.59 Å². The lowest BCUT2D eigenvalue weighted by Gasteiger charge is -2.00. The van der Waals surface area contributed by atoms with Crippen molar-refractivity contribution in [1.82, 2.24) is 10.2 Å². The highest BCUT2D eigenvalue weighted by molar-refractivity contribution is 8.01. The van der Waals surface area contributed by atoms with Crippen LogP contribution in [0.5, 0.6) is 0 Å². The molecule has 0 radical (unpaired) electrons. The monoisotopic (exact) mass is 411 g/mol. The average molecular weight is 411 g/mol. The van der Waals surface area contributed by atoms with Gasteiger partial charge in [-0.1, -0.05) is 29.2 Å². The molecule has 2 aromatic heterocycles. The van der Waals surface area contributed by atoms with Gasteiger partial charge in [0.25, 0.3) is 0 Å². The summed E-state index contributed by atoms with van der Waals surface area (Å²) < 4.78 is 26.6. The number of carbonyl (C=O) groups excluding carboxylic acids is 2. The molecule has 0 spiro atoms. The first-order valence-electron chi connectivity index (χ1n) is 7.28. The number of hydrogen-bond donors (Lipinski definition) is 1. The maximum Gasteiger partial charge on any atom is 0.231 e. The largest absolute Gasteiger partial charge is 0.300 e. The number of nitrogens with zero attached hydrogens (tertiary/aromatic N) is 2. The Bertz CT molecular complexity index is 929. The van der Waals surface area contributed by atoms with Crippen LogP contribution in [0.4, 0.5) is 13.9 Å². The fourth-order valence-electron chi connectivity index (χ4n) is 1.93. The number of aromatic nitrogens is 2. The molecule has 0 aliphatic heterocycles. The molecule has 0 aliphatic carbocycles. The van der Waals surface area contributed by atoms with E-state index >= 15 is 0 Å². The summed E-state index contributed by atoms with van der Waals surface area (Å²) >= 11 is 3.75.